The first-order chi connectivity index (χ1) is 8.93. The number of nitrogens with one attached hydrogen (secondary N) is 1. The number of carbonyl (C=O) groups excluding carboxylic acids is 1. The highest BCUT2D eigenvalue weighted by Crippen LogP contribution is 2.28. The highest BCUT2D eigenvalue weighted by molar-refractivity contribution is 9.10. The number of nitriles is 1. The summed E-state index contributed by atoms with van der Waals surface area (Å²) in [6, 6.07) is 13.2. The summed E-state index contributed by atoms with van der Waals surface area (Å²) in [6.07, 6.45) is 0. The normalized spacial score (nSPS) is 11.1. The number of anilines is 1. The molecule has 2 aromatic rings. The summed E-state index contributed by atoms with van der Waals surface area (Å²) in [6.45, 7) is 3.57. The highest BCUT2D eigenvalue weighted by atomic mass is 79.9. The molecule has 0 fully saturated rings. The van der Waals surface area contributed by atoms with Crippen molar-refractivity contribution in [2.75, 3.05) is 5.32 Å². The average Bonchev–Trinajstić information content (AvgIpc) is 2.38. The van der Waals surface area contributed by atoms with E-state index in [1.165, 1.54) is 0 Å². The lowest BCUT2D eigenvalue weighted by molar-refractivity contribution is -0.117. The molecule has 0 aliphatic rings. The number of nitrogens with zero attached hydrogens (tertiary/aromatic N) is 1. The zero-order chi connectivity index (χ0) is 14.0. The van der Waals surface area contributed by atoms with Crippen LogP contribution in [-0.4, -0.2) is 10.2 Å². The number of halogens is 1. The average molecular weight is 317 g/mol. The van der Waals surface area contributed by atoms with E-state index >= 15 is 0 Å². The Morgan fingerprint density at radius 3 is 2.42 bits per heavy atom. The van der Waals surface area contributed by atoms with Gasteiger partial charge in [-0.3, -0.25) is 4.79 Å². The molecule has 0 unspecified atom stereocenters. The van der Waals surface area contributed by atoms with Gasteiger partial charge in [-0.25, -0.2) is 0 Å². The van der Waals surface area contributed by atoms with Crippen LogP contribution in [0.2, 0.25) is 0 Å². The van der Waals surface area contributed by atoms with E-state index in [9.17, 15) is 4.79 Å². The maximum absolute atomic E-state index is 12.0. The fourth-order valence-electron chi connectivity index (χ4n) is 1.78. The molecule has 0 heterocycles. The Bertz CT molecular complexity index is 681. The van der Waals surface area contributed by atoms with Crippen molar-refractivity contribution in [3.8, 4) is 6.07 Å². The van der Waals surface area contributed by atoms with Gasteiger partial charge >= 0.3 is 0 Å². The largest absolute Gasteiger partial charge is 0.324 e. The molecule has 96 valence electrons. The molecule has 1 amide bonds. The van der Waals surface area contributed by atoms with E-state index < -0.39 is 4.32 Å². The molecule has 1 N–H and O–H groups in total. The smallest absolute Gasteiger partial charge is 0.240 e. The molecule has 0 aromatic heterocycles. The fraction of sp³-hybridized carbons (Fsp3) is 0.200. The van der Waals surface area contributed by atoms with Gasteiger partial charge in [0, 0.05) is 16.5 Å². The van der Waals surface area contributed by atoms with Crippen molar-refractivity contribution in [2.24, 2.45) is 0 Å². The molecule has 0 aliphatic heterocycles. The molecule has 0 atom stereocenters. The van der Waals surface area contributed by atoms with Gasteiger partial charge in [0.1, 0.15) is 0 Å². The van der Waals surface area contributed by atoms with Crippen molar-refractivity contribution in [3.63, 3.8) is 0 Å². The first kappa shape index (κ1) is 13.6. The Kier molecular flexibility index (Phi) is 3.59. The molecule has 4 heteroatoms. The summed E-state index contributed by atoms with van der Waals surface area (Å²) in [5.74, 6) is -0.123. The maximum Gasteiger partial charge on any atom is 0.240 e. The molecule has 0 aliphatic carbocycles. The monoisotopic (exact) mass is 316 g/mol. The Morgan fingerprint density at radius 1 is 1.21 bits per heavy atom. The van der Waals surface area contributed by atoms with E-state index in [0.717, 1.165) is 10.8 Å². The van der Waals surface area contributed by atoms with Crippen molar-refractivity contribution >= 4 is 38.3 Å². The summed E-state index contributed by atoms with van der Waals surface area (Å²) in [5.41, 5.74) is 1.32. The minimum absolute atomic E-state index is 0.123. The zero-order valence-electron chi connectivity index (χ0n) is 10.7. The lowest BCUT2D eigenvalue weighted by Crippen LogP contribution is -2.31. The number of amides is 1. The summed E-state index contributed by atoms with van der Waals surface area (Å²) in [4.78, 5) is 12.0. The minimum Gasteiger partial charge on any atom is -0.324 e. The number of fused-ring (bicyclic) bond motifs is 1. The first-order valence-corrected chi connectivity index (χ1v) is 6.65. The topological polar surface area (TPSA) is 52.9 Å². The molecule has 0 saturated heterocycles. The van der Waals surface area contributed by atoms with Gasteiger partial charge in [0.05, 0.1) is 16.0 Å². The van der Waals surface area contributed by atoms with E-state index in [1.54, 1.807) is 26.0 Å². The third-order valence-electron chi connectivity index (χ3n) is 2.83. The first-order valence-electron chi connectivity index (χ1n) is 5.85. The standard InChI is InChI=1S/C15H13BrN2O/c1-15(2,16)14(19)18-13-8-7-10(9-17)11-5-3-4-6-12(11)13/h3-8H,1-2H3,(H,18,19). The van der Waals surface area contributed by atoms with E-state index in [-0.39, 0.29) is 5.91 Å². The molecule has 19 heavy (non-hydrogen) atoms. The van der Waals surface area contributed by atoms with Crippen LogP contribution >= 0.6 is 15.9 Å². The van der Waals surface area contributed by atoms with Crippen molar-refractivity contribution in [3.05, 3.63) is 42.0 Å². The quantitative estimate of drug-likeness (QED) is 0.856. The fourth-order valence-corrected chi connectivity index (χ4v) is 1.88. The number of alkyl halides is 1. The Hall–Kier alpha value is -1.86. The molecule has 0 bridgehead atoms. The van der Waals surface area contributed by atoms with Crippen LogP contribution < -0.4 is 5.32 Å². The van der Waals surface area contributed by atoms with Crippen LogP contribution in [0.3, 0.4) is 0 Å². The summed E-state index contributed by atoms with van der Waals surface area (Å²) in [7, 11) is 0. The van der Waals surface area contributed by atoms with Crippen molar-refractivity contribution in [2.45, 2.75) is 18.2 Å². The molecular weight excluding hydrogens is 304 g/mol. The summed E-state index contributed by atoms with van der Waals surface area (Å²) < 4.78 is -0.637. The maximum atomic E-state index is 12.0. The van der Waals surface area contributed by atoms with Gasteiger partial charge < -0.3 is 5.32 Å². The SMILES string of the molecule is CC(C)(Br)C(=O)Nc1ccc(C#N)c2ccccc12. The summed E-state index contributed by atoms with van der Waals surface area (Å²) in [5, 5.41) is 13.7. The Morgan fingerprint density at radius 2 is 1.84 bits per heavy atom. The van der Waals surface area contributed by atoms with E-state index in [1.807, 2.05) is 24.3 Å². The van der Waals surface area contributed by atoms with Crippen LogP contribution in [0.5, 0.6) is 0 Å². The van der Waals surface area contributed by atoms with Gasteiger partial charge in [-0.2, -0.15) is 5.26 Å². The van der Waals surface area contributed by atoms with Crippen molar-refractivity contribution in [1.82, 2.24) is 0 Å². The lowest BCUT2D eigenvalue weighted by atomic mass is 10.0. The molecule has 0 radical (unpaired) electrons. The van der Waals surface area contributed by atoms with Crippen LogP contribution in [0.4, 0.5) is 5.69 Å². The van der Waals surface area contributed by atoms with Crippen LogP contribution in [-0.2, 0) is 4.79 Å². The second-order valence-electron chi connectivity index (χ2n) is 4.74. The van der Waals surface area contributed by atoms with Gasteiger partial charge in [0.15, 0.2) is 0 Å². The number of hydrogen-bond donors (Lipinski definition) is 1. The number of benzene rings is 2. The molecule has 3 nitrogen and oxygen atoms in total. The Labute approximate surface area is 120 Å². The van der Waals surface area contributed by atoms with Crippen LogP contribution in [0.1, 0.15) is 19.4 Å². The van der Waals surface area contributed by atoms with Gasteiger partial charge in [0.25, 0.3) is 0 Å². The minimum atomic E-state index is -0.637. The van der Waals surface area contributed by atoms with Crippen LogP contribution in [0.25, 0.3) is 10.8 Å². The van der Waals surface area contributed by atoms with E-state index in [2.05, 4.69) is 27.3 Å². The molecule has 0 spiro atoms. The number of carbonyl (C=O) groups is 1. The third-order valence-corrected chi connectivity index (χ3v) is 3.19. The molecule has 0 saturated carbocycles. The predicted molar refractivity (Wildman–Crippen MR) is 80.3 cm³/mol. The lowest BCUT2D eigenvalue weighted by Gasteiger charge is -2.17. The zero-order valence-corrected chi connectivity index (χ0v) is 12.3. The Balaban J connectivity index is 2.52. The van der Waals surface area contributed by atoms with Gasteiger partial charge in [-0.05, 0) is 26.0 Å². The second kappa shape index (κ2) is 5.02. The van der Waals surface area contributed by atoms with Gasteiger partial charge in [-0.1, -0.05) is 40.2 Å². The molecular formula is C15H13BrN2O. The van der Waals surface area contributed by atoms with E-state index in [0.29, 0.717) is 11.3 Å². The summed E-state index contributed by atoms with van der Waals surface area (Å²) >= 11 is 3.33. The van der Waals surface area contributed by atoms with E-state index in [4.69, 9.17) is 5.26 Å². The number of rotatable bonds is 2. The molecule has 2 rings (SSSR count). The van der Waals surface area contributed by atoms with Crippen molar-refractivity contribution in [1.29, 1.82) is 5.26 Å². The molecule has 2 aromatic carbocycles. The predicted octanol–water partition coefficient (Wildman–Crippen LogP) is 3.82. The van der Waals surface area contributed by atoms with Crippen LogP contribution in [0, 0.1) is 11.3 Å². The highest BCUT2D eigenvalue weighted by Gasteiger charge is 2.24. The second-order valence-corrected chi connectivity index (χ2v) is 6.73. The van der Waals surface area contributed by atoms with Crippen LogP contribution in [0.15, 0.2) is 36.4 Å². The third kappa shape index (κ3) is 2.77. The number of hydrogen-bond acceptors (Lipinski definition) is 2. The van der Waals surface area contributed by atoms with Gasteiger partial charge in [-0.15, -0.1) is 0 Å². The van der Waals surface area contributed by atoms with Gasteiger partial charge in [0.2, 0.25) is 5.91 Å². The van der Waals surface area contributed by atoms with Crippen molar-refractivity contribution < 1.29 is 4.79 Å².